The van der Waals surface area contributed by atoms with E-state index in [1.165, 1.54) is 18.2 Å². The van der Waals surface area contributed by atoms with Gasteiger partial charge in [-0.3, -0.25) is 9.59 Å². The molecule has 0 unspecified atom stereocenters. The zero-order valence-electron chi connectivity index (χ0n) is 12.1. The van der Waals surface area contributed by atoms with Gasteiger partial charge >= 0.3 is 5.97 Å². The summed E-state index contributed by atoms with van der Waals surface area (Å²) < 4.78 is 31.2. The summed E-state index contributed by atoms with van der Waals surface area (Å²) in [6, 6.07) is 3.08. The van der Waals surface area contributed by atoms with Gasteiger partial charge in [0.15, 0.2) is 0 Å². The van der Waals surface area contributed by atoms with E-state index in [1.54, 1.807) is 0 Å². The minimum atomic E-state index is -4.16. The maximum atomic E-state index is 12.9. The van der Waals surface area contributed by atoms with E-state index in [9.17, 15) is 18.0 Å². The predicted molar refractivity (Wildman–Crippen MR) is 83.8 cm³/mol. The quantitative estimate of drug-likeness (QED) is 0.787. The lowest BCUT2D eigenvalue weighted by Gasteiger charge is -2.33. The molecule has 1 saturated heterocycles. The summed E-state index contributed by atoms with van der Waals surface area (Å²) in [4.78, 5) is 23.2. The van der Waals surface area contributed by atoms with Crippen LogP contribution in [0.2, 0.25) is 10.0 Å². The van der Waals surface area contributed by atoms with E-state index in [1.807, 2.05) is 0 Å². The van der Waals surface area contributed by atoms with Crippen LogP contribution < -0.4 is 5.32 Å². The summed E-state index contributed by atoms with van der Waals surface area (Å²) in [5, 5.41) is 2.41. The maximum absolute atomic E-state index is 12.9. The molecule has 0 aliphatic carbocycles. The Morgan fingerprint density at radius 2 is 2.00 bits per heavy atom. The number of carbonyl (C=O) groups is 2. The topological polar surface area (TPSA) is 92.8 Å². The van der Waals surface area contributed by atoms with Gasteiger partial charge in [-0.15, -0.1) is 0 Å². The molecular weight excluding hydrogens is 367 g/mol. The normalized spacial score (nSPS) is 19.3. The summed E-state index contributed by atoms with van der Waals surface area (Å²) in [6.07, 6.45) is -0.399. The van der Waals surface area contributed by atoms with Gasteiger partial charge in [0.2, 0.25) is 15.9 Å². The number of amides is 1. The van der Waals surface area contributed by atoms with Gasteiger partial charge in [-0.2, -0.15) is 4.31 Å². The fraction of sp³-hybridized carbons (Fsp3) is 0.385. The van der Waals surface area contributed by atoms with E-state index in [-0.39, 0.29) is 28.0 Å². The van der Waals surface area contributed by atoms with Crippen molar-refractivity contribution in [3.05, 3.63) is 28.2 Å². The zero-order valence-corrected chi connectivity index (χ0v) is 14.4. The van der Waals surface area contributed by atoms with Crippen molar-refractivity contribution in [2.75, 3.05) is 20.2 Å². The molecule has 0 spiro atoms. The molecule has 23 heavy (non-hydrogen) atoms. The van der Waals surface area contributed by atoms with Crippen molar-refractivity contribution in [2.45, 2.75) is 17.4 Å². The number of sulfonamides is 1. The molecule has 0 bridgehead atoms. The van der Waals surface area contributed by atoms with E-state index >= 15 is 0 Å². The van der Waals surface area contributed by atoms with Crippen LogP contribution in [-0.2, 0) is 24.3 Å². The monoisotopic (exact) mass is 380 g/mol. The molecule has 0 aromatic heterocycles. The highest BCUT2D eigenvalue weighted by Gasteiger charge is 2.41. The number of nitrogens with zero attached hydrogens (tertiary/aromatic N) is 1. The van der Waals surface area contributed by atoms with Crippen LogP contribution in [0.3, 0.4) is 0 Å². The van der Waals surface area contributed by atoms with E-state index < -0.39 is 34.4 Å². The predicted octanol–water partition coefficient (Wildman–Crippen LogP) is 1.05. The molecule has 1 fully saturated rings. The first-order valence-corrected chi connectivity index (χ1v) is 8.79. The number of rotatable bonds is 4. The fourth-order valence-electron chi connectivity index (χ4n) is 2.26. The lowest BCUT2D eigenvalue weighted by atomic mass is 10.1. The molecule has 1 aromatic carbocycles. The van der Waals surface area contributed by atoms with Crippen LogP contribution in [0.5, 0.6) is 0 Å². The third kappa shape index (κ3) is 3.60. The lowest BCUT2D eigenvalue weighted by Crippen LogP contribution is -2.57. The van der Waals surface area contributed by atoms with Crippen molar-refractivity contribution in [3.63, 3.8) is 0 Å². The Morgan fingerprint density at radius 3 is 2.57 bits per heavy atom. The molecule has 1 aliphatic rings. The highest BCUT2D eigenvalue weighted by molar-refractivity contribution is 7.89. The van der Waals surface area contributed by atoms with Gasteiger partial charge in [-0.1, -0.05) is 29.3 Å². The average Bonchev–Trinajstić information content (AvgIpc) is 2.48. The Balaban J connectivity index is 2.47. The van der Waals surface area contributed by atoms with Crippen molar-refractivity contribution in [2.24, 2.45) is 0 Å². The Hall–Kier alpha value is -1.35. The van der Waals surface area contributed by atoms with Gasteiger partial charge in [0, 0.05) is 13.1 Å². The summed E-state index contributed by atoms with van der Waals surface area (Å²) >= 11 is 11.9. The van der Waals surface area contributed by atoms with Crippen LogP contribution in [0.4, 0.5) is 0 Å². The molecule has 1 aromatic rings. The number of piperazine rings is 1. The van der Waals surface area contributed by atoms with Crippen LogP contribution in [0.15, 0.2) is 23.1 Å². The number of methoxy groups -OCH3 is 1. The highest BCUT2D eigenvalue weighted by atomic mass is 35.5. The van der Waals surface area contributed by atoms with Crippen molar-refractivity contribution >= 4 is 45.1 Å². The Labute approximate surface area is 143 Å². The lowest BCUT2D eigenvalue weighted by molar-refractivity contribution is -0.144. The number of hydrogen-bond acceptors (Lipinski definition) is 5. The Morgan fingerprint density at radius 1 is 1.39 bits per heavy atom. The Bertz CT molecular complexity index is 718. The molecule has 0 saturated carbocycles. The molecule has 126 valence electrons. The van der Waals surface area contributed by atoms with Gasteiger partial charge in [-0.25, -0.2) is 8.42 Å². The van der Waals surface area contributed by atoms with Crippen LogP contribution >= 0.6 is 23.2 Å². The van der Waals surface area contributed by atoms with Crippen molar-refractivity contribution in [1.82, 2.24) is 9.62 Å². The minimum Gasteiger partial charge on any atom is -0.469 e. The number of ether oxygens (including phenoxy) is 1. The van der Waals surface area contributed by atoms with Gasteiger partial charge < -0.3 is 10.1 Å². The van der Waals surface area contributed by atoms with Gasteiger partial charge in [-0.05, 0) is 12.1 Å². The molecule has 1 N–H and O–H groups in total. The second-order valence-electron chi connectivity index (χ2n) is 4.75. The second kappa shape index (κ2) is 7.04. The minimum absolute atomic E-state index is 0.00269. The Kier molecular flexibility index (Phi) is 5.51. The molecule has 1 atom stereocenters. The van der Waals surface area contributed by atoms with Crippen LogP contribution in [-0.4, -0.2) is 50.8 Å². The van der Waals surface area contributed by atoms with E-state index in [0.717, 1.165) is 11.4 Å². The van der Waals surface area contributed by atoms with Gasteiger partial charge in [0.1, 0.15) is 10.9 Å². The number of nitrogens with one attached hydrogen (secondary N) is 1. The van der Waals surface area contributed by atoms with E-state index in [2.05, 4.69) is 10.1 Å². The summed E-state index contributed by atoms with van der Waals surface area (Å²) in [5.41, 5.74) is 0. The average molecular weight is 381 g/mol. The molecule has 7 nitrogen and oxygen atoms in total. The SMILES string of the molecule is COC(=O)C[C@@H]1C(=O)NCCN1S(=O)(=O)c1c(Cl)cccc1Cl. The molecule has 2 rings (SSSR count). The van der Waals surface area contributed by atoms with E-state index in [4.69, 9.17) is 23.2 Å². The standard InChI is InChI=1S/C13H14Cl2N2O5S/c1-22-11(18)7-10-13(19)16-5-6-17(10)23(20,21)12-8(14)3-2-4-9(12)15/h2-4,10H,5-7H2,1H3,(H,16,19)/t10-/m1/s1. The first kappa shape index (κ1) is 18.0. The molecule has 10 heteroatoms. The maximum Gasteiger partial charge on any atom is 0.307 e. The zero-order chi connectivity index (χ0) is 17.2. The van der Waals surface area contributed by atoms with Crippen molar-refractivity contribution in [3.8, 4) is 0 Å². The first-order valence-electron chi connectivity index (χ1n) is 6.59. The summed E-state index contributed by atoms with van der Waals surface area (Å²) in [6.45, 7) is 0.120. The largest absolute Gasteiger partial charge is 0.469 e. The van der Waals surface area contributed by atoms with Gasteiger partial charge in [0.25, 0.3) is 0 Å². The fourth-order valence-corrected chi connectivity index (χ4v) is 4.95. The summed E-state index contributed by atoms with van der Waals surface area (Å²) in [7, 11) is -3.00. The number of halogens is 2. The molecule has 1 heterocycles. The third-order valence-corrected chi connectivity index (χ3v) is 6.22. The molecule has 1 aliphatic heterocycles. The number of hydrogen-bond donors (Lipinski definition) is 1. The van der Waals surface area contributed by atoms with Crippen LogP contribution in [0.1, 0.15) is 6.42 Å². The third-order valence-electron chi connectivity index (χ3n) is 3.36. The van der Waals surface area contributed by atoms with E-state index in [0.29, 0.717) is 0 Å². The summed E-state index contributed by atoms with van der Waals surface area (Å²) in [5.74, 6) is -1.27. The van der Waals surface area contributed by atoms with Gasteiger partial charge in [0.05, 0.1) is 23.6 Å². The highest BCUT2D eigenvalue weighted by Crippen LogP contribution is 2.33. The smallest absolute Gasteiger partial charge is 0.307 e. The first-order chi connectivity index (χ1) is 10.8. The number of esters is 1. The second-order valence-corrected chi connectivity index (χ2v) is 7.40. The van der Waals surface area contributed by atoms with Crippen LogP contribution in [0, 0.1) is 0 Å². The molecule has 1 amide bonds. The number of benzene rings is 1. The van der Waals surface area contributed by atoms with Crippen LogP contribution in [0.25, 0.3) is 0 Å². The van der Waals surface area contributed by atoms with Crippen molar-refractivity contribution < 1.29 is 22.7 Å². The number of carbonyl (C=O) groups excluding carboxylic acids is 2. The molecular formula is C13H14Cl2N2O5S. The molecule has 0 radical (unpaired) electrons. The van der Waals surface area contributed by atoms with Crippen molar-refractivity contribution in [1.29, 1.82) is 0 Å².